The van der Waals surface area contributed by atoms with Crippen LogP contribution in [0.5, 0.6) is 5.75 Å². The Morgan fingerprint density at radius 3 is 2.96 bits per heavy atom. The Balaban J connectivity index is 1.50. The van der Waals surface area contributed by atoms with Gasteiger partial charge in [0, 0.05) is 11.4 Å². The van der Waals surface area contributed by atoms with Crippen molar-refractivity contribution in [2.45, 2.75) is 39.0 Å². The van der Waals surface area contributed by atoms with Crippen LogP contribution in [-0.2, 0) is 19.3 Å². The van der Waals surface area contributed by atoms with Crippen LogP contribution in [0, 0.1) is 0 Å². The Morgan fingerprint density at radius 2 is 2.08 bits per heavy atom. The molecule has 0 atom stereocenters. The Kier molecular flexibility index (Phi) is 5.75. The van der Waals surface area contributed by atoms with Gasteiger partial charge in [-0.3, -0.25) is 0 Å². The van der Waals surface area contributed by atoms with Gasteiger partial charge in [-0.25, -0.2) is 4.79 Å². The number of fused-ring (bicyclic) bond motifs is 1. The lowest BCUT2D eigenvalue weighted by molar-refractivity contribution is 0.252. The molecule has 128 valence electrons. The van der Waals surface area contributed by atoms with Crippen LogP contribution < -0.4 is 15.4 Å². The molecule has 1 aliphatic carbocycles. The number of carbonyl (C=O) groups excluding carboxylic acids is 1. The van der Waals surface area contributed by atoms with Crippen LogP contribution in [0.25, 0.3) is 0 Å². The second kappa shape index (κ2) is 8.20. The molecule has 4 nitrogen and oxygen atoms in total. The van der Waals surface area contributed by atoms with Crippen molar-refractivity contribution in [3.63, 3.8) is 0 Å². The fourth-order valence-corrected chi connectivity index (χ4v) is 4.28. The van der Waals surface area contributed by atoms with Crippen molar-refractivity contribution in [1.29, 1.82) is 0 Å². The average molecular weight is 344 g/mol. The summed E-state index contributed by atoms with van der Waals surface area (Å²) in [5.74, 6) is 0.696. The SMILES string of the molecule is CCOc1ccccc1NC(=O)NCCc1csc2c1CCCC2. The van der Waals surface area contributed by atoms with Gasteiger partial charge in [0.2, 0.25) is 0 Å². The second-order valence-corrected chi connectivity index (χ2v) is 6.89. The lowest BCUT2D eigenvalue weighted by Crippen LogP contribution is -2.30. The van der Waals surface area contributed by atoms with E-state index in [9.17, 15) is 4.79 Å². The third kappa shape index (κ3) is 4.09. The minimum Gasteiger partial charge on any atom is -0.492 e. The van der Waals surface area contributed by atoms with Crippen LogP contribution in [0.2, 0.25) is 0 Å². The molecule has 2 amide bonds. The highest BCUT2D eigenvalue weighted by Gasteiger charge is 2.15. The molecule has 1 aromatic carbocycles. The average Bonchev–Trinajstić information content (AvgIpc) is 3.00. The zero-order valence-electron chi connectivity index (χ0n) is 14.1. The molecule has 0 spiro atoms. The van der Waals surface area contributed by atoms with Gasteiger partial charge >= 0.3 is 6.03 Å². The van der Waals surface area contributed by atoms with E-state index < -0.39 is 0 Å². The molecule has 0 saturated carbocycles. The number of urea groups is 1. The number of benzene rings is 1. The predicted octanol–water partition coefficient (Wildman–Crippen LogP) is 4.39. The van der Waals surface area contributed by atoms with Crippen LogP contribution in [0.15, 0.2) is 29.6 Å². The number of carbonyl (C=O) groups is 1. The molecular formula is C19H24N2O2S. The Labute approximate surface area is 147 Å². The molecular weight excluding hydrogens is 320 g/mol. The minimum atomic E-state index is -0.189. The van der Waals surface area contributed by atoms with Gasteiger partial charge in [-0.1, -0.05) is 12.1 Å². The molecule has 1 aliphatic rings. The molecule has 0 fully saturated rings. The highest BCUT2D eigenvalue weighted by molar-refractivity contribution is 7.10. The number of aryl methyl sites for hydroxylation is 1. The molecule has 5 heteroatoms. The Hall–Kier alpha value is -2.01. The molecule has 0 radical (unpaired) electrons. The van der Waals surface area contributed by atoms with E-state index in [1.54, 1.807) is 4.88 Å². The van der Waals surface area contributed by atoms with Crippen molar-refractivity contribution < 1.29 is 9.53 Å². The first-order valence-corrected chi connectivity index (χ1v) is 9.50. The molecule has 3 rings (SSSR count). The molecule has 2 N–H and O–H groups in total. The van der Waals surface area contributed by atoms with Crippen molar-refractivity contribution in [1.82, 2.24) is 5.32 Å². The van der Waals surface area contributed by atoms with Crippen molar-refractivity contribution in [3.05, 3.63) is 45.6 Å². The number of hydrogen-bond donors (Lipinski definition) is 2. The first-order chi connectivity index (χ1) is 11.8. The van der Waals surface area contributed by atoms with Gasteiger partial charge in [0.1, 0.15) is 5.75 Å². The number of thiophene rings is 1. The molecule has 2 aromatic rings. The number of nitrogens with one attached hydrogen (secondary N) is 2. The zero-order valence-corrected chi connectivity index (χ0v) is 14.9. The third-order valence-electron chi connectivity index (χ3n) is 4.26. The normalized spacial score (nSPS) is 13.2. The van der Waals surface area contributed by atoms with Gasteiger partial charge in [0.15, 0.2) is 0 Å². The van der Waals surface area contributed by atoms with Crippen molar-refractivity contribution >= 4 is 23.1 Å². The van der Waals surface area contributed by atoms with Crippen LogP contribution in [0.4, 0.5) is 10.5 Å². The largest absolute Gasteiger partial charge is 0.492 e. The number of anilines is 1. The highest BCUT2D eigenvalue weighted by atomic mass is 32.1. The van der Waals surface area contributed by atoms with E-state index in [4.69, 9.17) is 4.74 Å². The number of amides is 2. The van der Waals surface area contributed by atoms with Crippen LogP contribution in [0.1, 0.15) is 35.8 Å². The van der Waals surface area contributed by atoms with Crippen molar-refractivity contribution in [3.8, 4) is 5.75 Å². The molecule has 0 unspecified atom stereocenters. The first-order valence-electron chi connectivity index (χ1n) is 8.62. The fraction of sp³-hybridized carbons (Fsp3) is 0.421. The van der Waals surface area contributed by atoms with Gasteiger partial charge in [-0.05, 0) is 67.7 Å². The van der Waals surface area contributed by atoms with E-state index in [1.807, 2.05) is 42.5 Å². The smallest absolute Gasteiger partial charge is 0.319 e. The number of para-hydroxylation sites is 2. The first kappa shape index (κ1) is 16.8. The lowest BCUT2D eigenvalue weighted by Gasteiger charge is -2.14. The summed E-state index contributed by atoms with van der Waals surface area (Å²) in [5.41, 5.74) is 3.64. The second-order valence-electron chi connectivity index (χ2n) is 5.93. The van der Waals surface area contributed by atoms with Crippen LogP contribution in [-0.4, -0.2) is 19.2 Å². The summed E-state index contributed by atoms with van der Waals surface area (Å²) < 4.78 is 5.52. The summed E-state index contributed by atoms with van der Waals surface area (Å²) in [6.07, 6.45) is 5.92. The Bertz CT molecular complexity index is 696. The van der Waals surface area contributed by atoms with E-state index in [1.165, 1.54) is 36.8 Å². The van der Waals surface area contributed by atoms with Gasteiger partial charge in [-0.15, -0.1) is 11.3 Å². The maximum atomic E-state index is 12.1. The molecule has 0 aliphatic heterocycles. The fourth-order valence-electron chi connectivity index (χ4n) is 3.10. The molecule has 24 heavy (non-hydrogen) atoms. The Morgan fingerprint density at radius 1 is 1.25 bits per heavy atom. The molecule has 0 saturated heterocycles. The van der Waals surface area contributed by atoms with E-state index >= 15 is 0 Å². The van der Waals surface area contributed by atoms with Gasteiger partial charge in [0.25, 0.3) is 0 Å². The quantitative estimate of drug-likeness (QED) is 0.816. The van der Waals surface area contributed by atoms with Crippen LogP contribution in [0.3, 0.4) is 0 Å². The van der Waals surface area contributed by atoms with E-state index in [0.29, 0.717) is 24.6 Å². The highest BCUT2D eigenvalue weighted by Crippen LogP contribution is 2.30. The van der Waals surface area contributed by atoms with Gasteiger partial charge in [0.05, 0.1) is 12.3 Å². The van der Waals surface area contributed by atoms with Gasteiger partial charge in [-0.2, -0.15) is 0 Å². The third-order valence-corrected chi connectivity index (χ3v) is 5.40. The summed E-state index contributed by atoms with van der Waals surface area (Å²) in [7, 11) is 0. The lowest BCUT2D eigenvalue weighted by atomic mass is 9.95. The van der Waals surface area contributed by atoms with E-state index in [-0.39, 0.29) is 6.03 Å². The van der Waals surface area contributed by atoms with E-state index in [0.717, 1.165) is 6.42 Å². The molecule has 1 aromatic heterocycles. The van der Waals surface area contributed by atoms with Crippen molar-refractivity contribution in [2.24, 2.45) is 0 Å². The molecule has 0 bridgehead atoms. The van der Waals surface area contributed by atoms with Crippen molar-refractivity contribution in [2.75, 3.05) is 18.5 Å². The number of hydrogen-bond acceptors (Lipinski definition) is 3. The topological polar surface area (TPSA) is 50.4 Å². The minimum absolute atomic E-state index is 0.189. The summed E-state index contributed by atoms with van der Waals surface area (Å²) in [4.78, 5) is 13.7. The number of rotatable bonds is 6. The monoisotopic (exact) mass is 344 g/mol. The zero-order chi connectivity index (χ0) is 16.8. The summed E-state index contributed by atoms with van der Waals surface area (Å²) in [6, 6.07) is 7.30. The molecule has 1 heterocycles. The van der Waals surface area contributed by atoms with Crippen LogP contribution >= 0.6 is 11.3 Å². The van der Waals surface area contributed by atoms with Gasteiger partial charge < -0.3 is 15.4 Å². The summed E-state index contributed by atoms with van der Waals surface area (Å²) in [6.45, 7) is 3.15. The van der Waals surface area contributed by atoms with E-state index in [2.05, 4.69) is 16.0 Å². The summed E-state index contributed by atoms with van der Waals surface area (Å²) in [5, 5.41) is 8.07. The summed E-state index contributed by atoms with van der Waals surface area (Å²) >= 11 is 1.88. The predicted molar refractivity (Wildman–Crippen MR) is 99.3 cm³/mol. The maximum Gasteiger partial charge on any atom is 0.319 e. The number of ether oxygens (including phenoxy) is 1. The maximum absolute atomic E-state index is 12.1. The standard InChI is InChI=1S/C19H24N2O2S/c1-2-23-17-9-5-4-8-16(17)21-19(22)20-12-11-14-13-24-18-10-6-3-7-15(14)18/h4-5,8-9,13H,2-3,6-7,10-12H2,1H3,(H2,20,21,22).